The van der Waals surface area contributed by atoms with E-state index in [1.807, 2.05) is 6.92 Å². The van der Waals surface area contributed by atoms with Crippen molar-refractivity contribution < 1.29 is 23.8 Å². The number of amides is 2. The summed E-state index contributed by atoms with van der Waals surface area (Å²) in [6, 6.07) is 7.40. The first kappa shape index (κ1) is 21.4. The van der Waals surface area contributed by atoms with Crippen LogP contribution in [0.15, 0.2) is 30.3 Å². The molecular formula is C20H23ClN2O5. The Bertz CT molecular complexity index is 860. The van der Waals surface area contributed by atoms with Gasteiger partial charge in [-0.2, -0.15) is 0 Å². The molecule has 0 spiro atoms. The van der Waals surface area contributed by atoms with Crippen molar-refractivity contribution in [2.24, 2.45) is 0 Å². The quantitative estimate of drug-likeness (QED) is 0.735. The zero-order valence-electron chi connectivity index (χ0n) is 16.4. The number of hydrogen-bond acceptors (Lipinski definition) is 5. The number of rotatable bonds is 7. The van der Waals surface area contributed by atoms with Gasteiger partial charge in [0.25, 0.3) is 5.91 Å². The molecule has 8 heteroatoms. The van der Waals surface area contributed by atoms with Crippen LogP contribution in [0.2, 0.25) is 5.02 Å². The van der Waals surface area contributed by atoms with E-state index < -0.39 is 11.9 Å². The highest BCUT2D eigenvalue weighted by atomic mass is 35.5. The molecule has 7 nitrogen and oxygen atoms in total. The summed E-state index contributed by atoms with van der Waals surface area (Å²) in [7, 11) is 4.40. The molecule has 0 heterocycles. The largest absolute Gasteiger partial charge is 0.493 e. The number of aryl methyl sites for hydroxylation is 1. The molecule has 0 saturated heterocycles. The molecule has 0 aliphatic rings. The first-order chi connectivity index (χ1) is 13.3. The molecule has 0 radical (unpaired) electrons. The molecule has 0 bridgehead atoms. The molecule has 150 valence electrons. The van der Waals surface area contributed by atoms with Crippen LogP contribution in [-0.4, -0.2) is 39.2 Å². The minimum absolute atomic E-state index is 0.275. The molecule has 0 saturated carbocycles. The van der Waals surface area contributed by atoms with Crippen LogP contribution < -0.4 is 24.8 Å². The van der Waals surface area contributed by atoms with Gasteiger partial charge < -0.3 is 24.8 Å². The number of methoxy groups -OCH3 is 3. The average molecular weight is 407 g/mol. The Hall–Kier alpha value is -2.93. The Labute approximate surface area is 168 Å². The Kier molecular flexibility index (Phi) is 7.12. The SMILES string of the molecule is COc1cc(C(=O)N[C@@H](C)C(=O)Nc2ccc(Cl)cc2C)cc(OC)c1OC. The number of hydrogen-bond donors (Lipinski definition) is 2. The Morgan fingerprint density at radius 2 is 1.61 bits per heavy atom. The van der Waals surface area contributed by atoms with Crippen LogP contribution in [-0.2, 0) is 4.79 Å². The third-order valence-electron chi connectivity index (χ3n) is 4.11. The minimum Gasteiger partial charge on any atom is -0.493 e. The van der Waals surface area contributed by atoms with E-state index in [4.69, 9.17) is 25.8 Å². The first-order valence-electron chi connectivity index (χ1n) is 8.48. The molecule has 0 aromatic heterocycles. The number of halogens is 1. The maximum Gasteiger partial charge on any atom is 0.252 e. The van der Waals surface area contributed by atoms with Crippen molar-refractivity contribution in [1.29, 1.82) is 0 Å². The number of carbonyl (C=O) groups is 2. The van der Waals surface area contributed by atoms with Gasteiger partial charge in [-0.05, 0) is 49.7 Å². The second-order valence-corrected chi connectivity index (χ2v) is 6.49. The lowest BCUT2D eigenvalue weighted by molar-refractivity contribution is -0.117. The van der Waals surface area contributed by atoms with Gasteiger partial charge in [0.05, 0.1) is 21.3 Å². The summed E-state index contributed by atoms with van der Waals surface area (Å²) in [6.45, 7) is 3.43. The predicted octanol–water partition coefficient (Wildman–Crippen LogP) is 3.43. The summed E-state index contributed by atoms with van der Waals surface area (Å²) in [4.78, 5) is 25.0. The highest BCUT2D eigenvalue weighted by Crippen LogP contribution is 2.38. The summed E-state index contributed by atoms with van der Waals surface area (Å²) >= 11 is 5.92. The maximum absolute atomic E-state index is 12.6. The lowest BCUT2D eigenvalue weighted by Crippen LogP contribution is -2.41. The van der Waals surface area contributed by atoms with E-state index in [1.165, 1.54) is 33.5 Å². The molecule has 2 amide bonds. The van der Waals surface area contributed by atoms with Gasteiger partial charge in [0.1, 0.15) is 6.04 Å². The molecule has 2 N–H and O–H groups in total. The van der Waals surface area contributed by atoms with Gasteiger partial charge in [0.15, 0.2) is 11.5 Å². The molecule has 0 aliphatic carbocycles. The van der Waals surface area contributed by atoms with Crippen molar-refractivity contribution >= 4 is 29.1 Å². The van der Waals surface area contributed by atoms with Gasteiger partial charge in [0.2, 0.25) is 11.7 Å². The standard InChI is InChI=1S/C20H23ClN2O5/c1-11-8-14(21)6-7-15(11)23-19(24)12(2)22-20(25)13-9-16(26-3)18(28-5)17(10-13)27-4/h6-10,12H,1-5H3,(H,22,25)(H,23,24)/t12-/m0/s1. The van der Waals surface area contributed by atoms with Crippen LogP contribution in [0.1, 0.15) is 22.8 Å². The van der Waals surface area contributed by atoms with Crippen molar-refractivity contribution in [1.82, 2.24) is 5.32 Å². The van der Waals surface area contributed by atoms with Gasteiger partial charge in [-0.15, -0.1) is 0 Å². The smallest absolute Gasteiger partial charge is 0.252 e. The highest BCUT2D eigenvalue weighted by molar-refractivity contribution is 6.30. The fourth-order valence-corrected chi connectivity index (χ4v) is 2.79. The van der Waals surface area contributed by atoms with E-state index in [-0.39, 0.29) is 11.5 Å². The van der Waals surface area contributed by atoms with E-state index >= 15 is 0 Å². The van der Waals surface area contributed by atoms with Gasteiger partial charge in [-0.1, -0.05) is 11.6 Å². The van der Waals surface area contributed by atoms with E-state index in [0.717, 1.165) is 5.56 Å². The van der Waals surface area contributed by atoms with Gasteiger partial charge in [-0.3, -0.25) is 9.59 Å². The van der Waals surface area contributed by atoms with Crippen LogP contribution >= 0.6 is 11.6 Å². The zero-order chi connectivity index (χ0) is 20.8. The van der Waals surface area contributed by atoms with Crippen LogP contribution in [0.3, 0.4) is 0 Å². The average Bonchev–Trinajstić information content (AvgIpc) is 2.68. The Morgan fingerprint density at radius 1 is 1.00 bits per heavy atom. The summed E-state index contributed by atoms with van der Waals surface area (Å²) in [5, 5.41) is 6.02. The molecule has 2 aromatic carbocycles. The Morgan fingerprint density at radius 3 is 2.11 bits per heavy atom. The molecule has 0 fully saturated rings. The summed E-state index contributed by atoms with van der Waals surface area (Å²) < 4.78 is 15.7. The van der Waals surface area contributed by atoms with Crippen LogP contribution in [0.5, 0.6) is 17.2 Å². The predicted molar refractivity (Wildman–Crippen MR) is 108 cm³/mol. The Balaban J connectivity index is 2.14. The molecule has 0 unspecified atom stereocenters. The highest BCUT2D eigenvalue weighted by Gasteiger charge is 2.21. The zero-order valence-corrected chi connectivity index (χ0v) is 17.1. The second-order valence-electron chi connectivity index (χ2n) is 6.06. The minimum atomic E-state index is -0.776. The number of benzene rings is 2. The van der Waals surface area contributed by atoms with Gasteiger partial charge >= 0.3 is 0 Å². The van der Waals surface area contributed by atoms with Gasteiger partial charge in [0, 0.05) is 16.3 Å². The van der Waals surface area contributed by atoms with E-state index in [0.29, 0.717) is 28.0 Å². The normalized spacial score (nSPS) is 11.4. The third kappa shape index (κ3) is 4.86. The summed E-state index contributed by atoms with van der Waals surface area (Å²) in [5.74, 6) is 0.272. The van der Waals surface area contributed by atoms with Crippen molar-refractivity contribution in [2.45, 2.75) is 19.9 Å². The van der Waals surface area contributed by atoms with Crippen molar-refractivity contribution in [3.05, 3.63) is 46.5 Å². The second kappa shape index (κ2) is 9.32. The number of ether oxygens (including phenoxy) is 3. The number of carbonyl (C=O) groups excluding carboxylic acids is 2. The molecule has 2 aromatic rings. The van der Waals surface area contributed by atoms with Crippen molar-refractivity contribution in [3.63, 3.8) is 0 Å². The van der Waals surface area contributed by atoms with Crippen molar-refractivity contribution in [3.8, 4) is 17.2 Å². The van der Waals surface area contributed by atoms with Gasteiger partial charge in [-0.25, -0.2) is 0 Å². The van der Waals surface area contributed by atoms with E-state index in [2.05, 4.69) is 10.6 Å². The maximum atomic E-state index is 12.6. The molecule has 2 rings (SSSR count). The molecule has 1 atom stereocenters. The first-order valence-corrected chi connectivity index (χ1v) is 8.86. The van der Waals surface area contributed by atoms with E-state index in [9.17, 15) is 9.59 Å². The fraction of sp³-hybridized carbons (Fsp3) is 0.300. The molecule has 28 heavy (non-hydrogen) atoms. The van der Waals surface area contributed by atoms with Crippen LogP contribution in [0, 0.1) is 6.92 Å². The molecule has 0 aliphatic heterocycles. The number of anilines is 1. The monoisotopic (exact) mass is 406 g/mol. The lowest BCUT2D eigenvalue weighted by atomic mass is 10.1. The summed E-state index contributed by atoms with van der Waals surface area (Å²) in [6.07, 6.45) is 0. The van der Waals surface area contributed by atoms with Crippen LogP contribution in [0.4, 0.5) is 5.69 Å². The third-order valence-corrected chi connectivity index (χ3v) is 4.35. The summed E-state index contributed by atoms with van der Waals surface area (Å²) in [5.41, 5.74) is 1.73. The number of nitrogens with one attached hydrogen (secondary N) is 2. The lowest BCUT2D eigenvalue weighted by Gasteiger charge is -2.17. The molecular weight excluding hydrogens is 384 g/mol. The van der Waals surface area contributed by atoms with Crippen LogP contribution in [0.25, 0.3) is 0 Å². The van der Waals surface area contributed by atoms with Crippen molar-refractivity contribution in [2.75, 3.05) is 26.6 Å². The topological polar surface area (TPSA) is 85.9 Å². The van der Waals surface area contributed by atoms with E-state index in [1.54, 1.807) is 25.1 Å². The fourth-order valence-electron chi connectivity index (χ4n) is 2.57.